The number of fused-ring (bicyclic) bond motifs is 1. The third-order valence-corrected chi connectivity index (χ3v) is 5.05. The fraction of sp³-hybridized carbons (Fsp3) is 0.381. The number of hydrogen-bond donors (Lipinski definition) is 2. The number of rotatable bonds is 5. The standard InChI is InChI=1S/C21H26N8O/c1-3-17(30)24-15-6-4-7-16(14-15)25-20-18-19(23-9-8-22-18)26-21(27-20)29-11-5-10-28(2)12-13-29/h4,6-9,14H,3,5,10-13H2,1-2H3,(H,24,30)(H,23,25,26,27). The van der Waals surface area contributed by atoms with Gasteiger partial charge in [-0.1, -0.05) is 13.0 Å². The van der Waals surface area contributed by atoms with Gasteiger partial charge in [0.2, 0.25) is 11.9 Å². The molecular formula is C21H26N8O. The van der Waals surface area contributed by atoms with Gasteiger partial charge in [0.25, 0.3) is 0 Å². The highest BCUT2D eigenvalue weighted by molar-refractivity contribution is 5.91. The molecule has 0 atom stereocenters. The van der Waals surface area contributed by atoms with Crippen LogP contribution in [0.1, 0.15) is 19.8 Å². The molecule has 3 aromatic rings. The van der Waals surface area contributed by atoms with Crippen LogP contribution >= 0.6 is 0 Å². The summed E-state index contributed by atoms with van der Waals surface area (Å²) in [7, 11) is 2.13. The summed E-state index contributed by atoms with van der Waals surface area (Å²) in [4.78, 5) is 34.5. The maximum Gasteiger partial charge on any atom is 0.229 e. The summed E-state index contributed by atoms with van der Waals surface area (Å²) < 4.78 is 0. The number of likely N-dealkylation sites (N-methyl/N-ethyl adjacent to an activating group) is 1. The quantitative estimate of drug-likeness (QED) is 0.667. The molecular weight excluding hydrogens is 380 g/mol. The highest BCUT2D eigenvalue weighted by atomic mass is 16.1. The van der Waals surface area contributed by atoms with E-state index in [4.69, 9.17) is 4.98 Å². The lowest BCUT2D eigenvalue weighted by Crippen LogP contribution is -2.30. The Morgan fingerprint density at radius 3 is 2.77 bits per heavy atom. The zero-order valence-corrected chi connectivity index (χ0v) is 17.3. The SMILES string of the molecule is CCC(=O)Nc1cccc(Nc2nc(N3CCCN(C)CC3)nc3nccnc23)c1. The van der Waals surface area contributed by atoms with Crippen molar-refractivity contribution in [3.63, 3.8) is 0 Å². The van der Waals surface area contributed by atoms with Gasteiger partial charge < -0.3 is 20.4 Å². The van der Waals surface area contributed by atoms with E-state index in [2.05, 4.69) is 42.4 Å². The van der Waals surface area contributed by atoms with Gasteiger partial charge in [0.05, 0.1) is 0 Å². The van der Waals surface area contributed by atoms with Gasteiger partial charge in [0, 0.05) is 49.8 Å². The van der Waals surface area contributed by atoms with Crippen molar-refractivity contribution in [2.75, 3.05) is 48.8 Å². The van der Waals surface area contributed by atoms with E-state index in [1.54, 1.807) is 12.4 Å². The van der Waals surface area contributed by atoms with Crippen LogP contribution in [0.5, 0.6) is 0 Å². The molecule has 2 N–H and O–H groups in total. The van der Waals surface area contributed by atoms with Crippen molar-refractivity contribution in [3.8, 4) is 0 Å². The summed E-state index contributed by atoms with van der Waals surface area (Å²) in [5, 5.41) is 6.22. The second-order valence-corrected chi connectivity index (χ2v) is 7.35. The van der Waals surface area contributed by atoms with Crippen molar-refractivity contribution in [2.24, 2.45) is 0 Å². The smallest absolute Gasteiger partial charge is 0.229 e. The number of hydrogen-bond acceptors (Lipinski definition) is 8. The zero-order valence-electron chi connectivity index (χ0n) is 17.3. The molecule has 0 saturated carbocycles. The summed E-state index contributed by atoms with van der Waals surface area (Å²) in [6.07, 6.45) is 4.76. The molecule has 2 aromatic heterocycles. The van der Waals surface area contributed by atoms with Crippen molar-refractivity contribution < 1.29 is 4.79 Å². The lowest BCUT2D eigenvalue weighted by Gasteiger charge is -2.21. The summed E-state index contributed by atoms with van der Waals surface area (Å²) in [5.41, 5.74) is 2.69. The predicted octanol–water partition coefficient (Wildman–Crippen LogP) is 2.65. The van der Waals surface area contributed by atoms with Gasteiger partial charge in [-0.25, -0.2) is 9.97 Å². The van der Waals surface area contributed by atoms with E-state index in [9.17, 15) is 4.79 Å². The summed E-state index contributed by atoms with van der Waals surface area (Å²) in [6, 6.07) is 7.54. The third kappa shape index (κ3) is 4.62. The minimum absolute atomic E-state index is 0.0288. The highest BCUT2D eigenvalue weighted by Gasteiger charge is 2.18. The van der Waals surface area contributed by atoms with Crippen molar-refractivity contribution in [2.45, 2.75) is 19.8 Å². The molecule has 1 aromatic carbocycles. The van der Waals surface area contributed by atoms with E-state index >= 15 is 0 Å². The highest BCUT2D eigenvalue weighted by Crippen LogP contribution is 2.25. The van der Waals surface area contributed by atoms with Crippen molar-refractivity contribution in [3.05, 3.63) is 36.7 Å². The maximum atomic E-state index is 11.7. The van der Waals surface area contributed by atoms with Gasteiger partial charge in [-0.15, -0.1) is 0 Å². The molecule has 0 spiro atoms. The molecule has 4 rings (SSSR count). The Labute approximate surface area is 175 Å². The average Bonchev–Trinajstić information content (AvgIpc) is 2.98. The van der Waals surface area contributed by atoms with Crippen LogP contribution in [0.2, 0.25) is 0 Å². The van der Waals surface area contributed by atoms with Crippen molar-refractivity contribution in [1.29, 1.82) is 0 Å². The first kappa shape index (κ1) is 20.0. The minimum Gasteiger partial charge on any atom is -0.339 e. The van der Waals surface area contributed by atoms with Crippen LogP contribution in [-0.2, 0) is 4.79 Å². The Hall–Kier alpha value is -3.33. The maximum absolute atomic E-state index is 11.7. The molecule has 0 aliphatic carbocycles. The molecule has 0 radical (unpaired) electrons. The molecule has 156 valence electrons. The van der Waals surface area contributed by atoms with Crippen LogP contribution in [0, 0.1) is 0 Å². The number of nitrogens with one attached hydrogen (secondary N) is 2. The largest absolute Gasteiger partial charge is 0.339 e. The van der Waals surface area contributed by atoms with Crippen LogP contribution in [0.4, 0.5) is 23.1 Å². The number of anilines is 4. The van der Waals surface area contributed by atoms with Gasteiger partial charge in [-0.2, -0.15) is 9.97 Å². The first-order valence-corrected chi connectivity index (χ1v) is 10.2. The monoisotopic (exact) mass is 406 g/mol. The van der Waals surface area contributed by atoms with Crippen molar-refractivity contribution in [1.82, 2.24) is 24.8 Å². The van der Waals surface area contributed by atoms with Crippen LogP contribution in [0.15, 0.2) is 36.7 Å². The third-order valence-electron chi connectivity index (χ3n) is 5.05. The first-order chi connectivity index (χ1) is 14.6. The number of nitrogens with zero attached hydrogens (tertiary/aromatic N) is 6. The lowest BCUT2D eigenvalue weighted by molar-refractivity contribution is -0.115. The average molecular weight is 406 g/mol. The van der Waals surface area contributed by atoms with Gasteiger partial charge in [-0.05, 0) is 38.2 Å². The number of amides is 1. The summed E-state index contributed by atoms with van der Waals surface area (Å²) >= 11 is 0. The molecule has 1 aliphatic rings. The molecule has 9 heteroatoms. The Morgan fingerprint density at radius 1 is 1.07 bits per heavy atom. The van der Waals surface area contributed by atoms with Crippen molar-refractivity contribution >= 4 is 40.2 Å². The van der Waals surface area contributed by atoms with Gasteiger partial charge >= 0.3 is 0 Å². The second kappa shape index (κ2) is 9.00. The van der Waals surface area contributed by atoms with Crippen LogP contribution in [0.25, 0.3) is 11.2 Å². The van der Waals surface area contributed by atoms with E-state index in [-0.39, 0.29) is 5.91 Å². The van der Waals surface area contributed by atoms with Crippen LogP contribution in [0.3, 0.4) is 0 Å². The minimum atomic E-state index is -0.0288. The molecule has 1 saturated heterocycles. The summed E-state index contributed by atoms with van der Waals surface area (Å²) in [5.74, 6) is 1.22. The normalized spacial score (nSPS) is 15.1. The molecule has 1 amide bonds. The molecule has 3 heterocycles. The first-order valence-electron chi connectivity index (χ1n) is 10.2. The van der Waals surface area contributed by atoms with E-state index in [0.717, 1.165) is 44.0 Å². The summed E-state index contributed by atoms with van der Waals surface area (Å²) in [6.45, 7) is 5.61. The lowest BCUT2D eigenvalue weighted by atomic mass is 10.2. The van der Waals surface area contributed by atoms with Gasteiger partial charge in [0.15, 0.2) is 17.0 Å². The predicted molar refractivity (Wildman–Crippen MR) is 118 cm³/mol. The van der Waals surface area contributed by atoms with Crippen LogP contribution in [-0.4, -0.2) is 64.0 Å². The Kier molecular flexibility index (Phi) is 5.99. The van der Waals surface area contributed by atoms with Gasteiger partial charge in [0.1, 0.15) is 0 Å². The number of carbonyl (C=O) groups excluding carboxylic acids is 1. The Morgan fingerprint density at radius 2 is 1.90 bits per heavy atom. The van der Waals surface area contributed by atoms with E-state index in [0.29, 0.717) is 29.4 Å². The van der Waals surface area contributed by atoms with Crippen LogP contribution < -0.4 is 15.5 Å². The fourth-order valence-electron chi connectivity index (χ4n) is 3.39. The molecule has 1 fully saturated rings. The molecule has 0 unspecified atom stereocenters. The van der Waals surface area contributed by atoms with E-state index < -0.39 is 0 Å². The Balaban J connectivity index is 1.66. The van der Waals surface area contributed by atoms with Gasteiger partial charge in [-0.3, -0.25) is 4.79 Å². The number of carbonyl (C=O) groups is 1. The topological polar surface area (TPSA) is 99.2 Å². The zero-order chi connectivity index (χ0) is 20.9. The molecule has 1 aliphatic heterocycles. The fourth-order valence-corrected chi connectivity index (χ4v) is 3.39. The molecule has 9 nitrogen and oxygen atoms in total. The van der Waals surface area contributed by atoms with E-state index in [1.165, 1.54) is 0 Å². The molecule has 30 heavy (non-hydrogen) atoms. The number of aromatic nitrogens is 4. The molecule has 0 bridgehead atoms. The Bertz CT molecular complexity index is 1040. The second-order valence-electron chi connectivity index (χ2n) is 7.35. The number of benzene rings is 1. The van der Waals surface area contributed by atoms with E-state index in [1.807, 2.05) is 31.2 Å².